The van der Waals surface area contributed by atoms with Crippen molar-refractivity contribution in [3.05, 3.63) is 0 Å². The summed E-state index contributed by atoms with van der Waals surface area (Å²) in [6.45, 7) is 17.5. The third kappa shape index (κ3) is 8.77. The lowest BCUT2D eigenvalue weighted by Gasteiger charge is -2.47. The van der Waals surface area contributed by atoms with E-state index in [-0.39, 0.29) is 0 Å². The van der Waals surface area contributed by atoms with Crippen LogP contribution in [0.15, 0.2) is 0 Å². The summed E-state index contributed by atoms with van der Waals surface area (Å²) in [5.41, 5.74) is 0. The van der Waals surface area contributed by atoms with E-state index >= 15 is 0 Å². The van der Waals surface area contributed by atoms with Crippen LogP contribution in [-0.2, 0) is 0 Å². The summed E-state index contributed by atoms with van der Waals surface area (Å²) in [6, 6.07) is 0. The molecule has 0 heteroatoms. The molecule has 0 aromatic carbocycles. The van der Waals surface area contributed by atoms with Gasteiger partial charge in [-0.1, -0.05) is 113 Å². The normalized spacial score (nSPS) is 35.3. The van der Waals surface area contributed by atoms with E-state index in [9.17, 15) is 0 Å². The van der Waals surface area contributed by atoms with Crippen LogP contribution in [-0.4, -0.2) is 0 Å². The minimum absolute atomic E-state index is 0.844. The third-order valence-electron chi connectivity index (χ3n) is 12.2. The van der Waals surface area contributed by atoms with Gasteiger partial charge >= 0.3 is 0 Å². The molecule has 0 aromatic heterocycles. The summed E-state index contributed by atoms with van der Waals surface area (Å²) in [5.74, 6) is 10.9. The lowest BCUT2D eigenvalue weighted by atomic mass is 9.59. The van der Waals surface area contributed by atoms with Gasteiger partial charge in [0.05, 0.1) is 0 Å². The van der Waals surface area contributed by atoms with Gasteiger partial charge in [-0.3, -0.25) is 0 Å². The highest BCUT2D eigenvalue weighted by molar-refractivity contribution is 4.91. The highest BCUT2D eigenvalue weighted by atomic mass is 14.5. The molecule has 0 heterocycles. The van der Waals surface area contributed by atoms with E-state index in [1.54, 1.807) is 51.4 Å². The quantitative estimate of drug-likeness (QED) is 0.243. The molecule has 0 bridgehead atoms. The molecule has 0 aliphatic heterocycles. The average molecular weight is 487 g/mol. The smallest absolute Gasteiger partial charge is 0.0355 e. The van der Waals surface area contributed by atoms with Gasteiger partial charge in [0, 0.05) is 0 Å². The van der Waals surface area contributed by atoms with E-state index in [1.807, 2.05) is 0 Å². The summed E-state index contributed by atoms with van der Waals surface area (Å²) in [5, 5.41) is 0. The van der Waals surface area contributed by atoms with E-state index in [1.165, 1.54) is 57.8 Å². The molecular formula is C35H66. The van der Waals surface area contributed by atoms with E-state index < -0.39 is 0 Å². The molecular weight excluding hydrogens is 420 g/mol. The van der Waals surface area contributed by atoms with E-state index in [2.05, 4.69) is 48.5 Å². The molecule has 3 aliphatic carbocycles. The summed E-state index contributed by atoms with van der Waals surface area (Å²) >= 11 is 0. The zero-order chi connectivity index (χ0) is 25.4. The third-order valence-corrected chi connectivity index (χ3v) is 12.2. The fraction of sp³-hybridized carbons (Fsp3) is 1.00. The SMILES string of the molecule is CCC(CCC(C)CC1C[C@@H](CC)C[C@@H](C2CCC(C3CCCC3)CC2)C1C)CCC(C)C(C)C. The molecule has 3 rings (SSSR count). The molecule has 3 fully saturated rings. The first kappa shape index (κ1) is 29.6. The fourth-order valence-corrected chi connectivity index (χ4v) is 8.97. The Labute approximate surface area is 222 Å². The minimum atomic E-state index is 0.844. The van der Waals surface area contributed by atoms with Gasteiger partial charge in [-0.2, -0.15) is 0 Å². The molecule has 0 N–H and O–H groups in total. The van der Waals surface area contributed by atoms with Crippen molar-refractivity contribution >= 4 is 0 Å². The van der Waals surface area contributed by atoms with Gasteiger partial charge in [0.2, 0.25) is 0 Å². The number of hydrogen-bond acceptors (Lipinski definition) is 0. The maximum absolute atomic E-state index is 2.69. The van der Waals surface area contributed by atoms with Crippen molar-refractivity contribution in [2.75, 3.05) is 0 Å². The van der Waals surface area contributed by atoms with Crippen molar-refractivity contribution in [3.63, 3.8) is 0 Å². The van der Waals surface area contributed by atoms with Crippen LogP contribution in [0.1, 0.15) is 158 Å². The lowest BCUT2D eigenvalue weighted by molar-refractivity contribution is 0.0337. The second-order valence-electron chi connectivity index (χ2n) is 14.7. The first-order valence-corrected chi connectivity index (χ1v) is 16.8. The molecule has 3 aliphatic rings. The van der Waals surface area contributed by atoms with Crippen LogP contribution in [0.5, 0.6) is 0 Å². The Morgan fingerprint density at radius 3 is 1.89 bits per heavy atom. The molecule has 35 heavy (non-hydrogen) atoms. The highest BCUT2D eigenvalue weighted by Gasteiger charge is 2.40. The molecule has 0 amide bonds. The first-order chi connectivity index (χ1) is 16.8. The second-order valence-corrected chi connectivity index (χ2v) is 14.7. The minimum Gasteiger partial charge on any atom is -0.0651 e. The number of hydrogen-bond donors (Lipinski definition) is 0. The molecule has 7 atom stereocenters. The average Bonchev–Trinajstić information content (AvgIpc) is 3.40. The van der Waals surface area contributed by atoms with Gasteiger partial charge in [0.1, 0.15) is 0 Å². The summed E-state index contributed by atoms with van der Waals surface area (Å²) in [7, 11) is 0. The lowest BCUT2D eigenvalue weighted by Crippen LogP contribution is -2.37. The van der Waals surface area contributed by atoms with Gasteiger partial charge in [-0.25, -0.2) is 0 Å². The van der Waals surface area contributed by atoms with E-state index in [0.717, 1.165) is 65.1 Å². The van der Waals surface area contributed by atoms with Crippen LogP contribution >= 0.6 is 0 Å². The molecule has 3 saturated carbocycles. The molecule has 0 aromatic rings. The molecule has 0 radical (unpaired) electrons. The van der Waals surface area contributed by atoms with Gasteiger partial charge < -0.3 is 0 Å². The Hall–Kier alpha value is 0. The molecule has 5 unspecified atom stereocenters. The Morgan fingerprint density at radius 2 is 1.29 bits per heavy atom. The van der Waals surface area contributed by atoms with Crippen molar-refractivity contribution in [1.29, 1.82) is 0 Å². The van der Waals surface area contributed by atoms with Crippen LogP contribution < -0.4 is 0 Å². The van der Waals surface area contributed by atoms with Crippen LogP contribution in [0, 0.1) is 65.1 Å². The van der Waals surface area contributed by atoms with Crippen molar-refractivity contribution in [1.82, 2.24) is 0 Å². The predicted molar refractivity (Wildman–Crippen MR) is 157 cm³/mol. The molecule has 206 valence electrons. The van der Waals surface area contributed by atoms with Crippen molar-refractivity contribution in [3.8, 4) is 0 Å². The fourth-order valence-electron chi connectivity index (χ4n) is 8.97. The van der Waals surface area contributed by atoms with Gasteiger partial charge in [-0.15, -0.1) is 0 Å². The van der Waals surface area contributed by atoms with Gasteiger partial charge in [0.15, 0.2) is 0 Å². The Morgan fingerprint density at radius 1 is 0.686 bits per heavy atom. The Bertz CT molecular complexity index is 548. The predicted octanol–water partition coefficient (Wildman–Crippen LogP) is 11.6. The monoisotopic (exact) mass is 487 g/mol. The van der Waals surface area contributed by atoms with Crippen LogP contribution in [0.2, 0.25) is 0 Å². The largest absolute Gasteiger partial charge is 0.0651 e. The first-order valence-electron chi connectivity index (χ1n) is 16.8. The maximum atomic E-state index is 2.69. The second kappa shape index (κ2) is 14.8. The maximum Gasteiger partial charge on any atom is -0.0355 e. The number of rotatable bonds is 13. The standard InChI is InChI=1S/C35H66/c1-8-29(17-15-27(6)25(3)4)16-14-26(5)22-34-23-30(9-2)24-35(28(34)7)33-20-18-32(19-21-33)31-12-10-11-13-31/h25-35H,8-24H2,1-7H3/t26?,27?,28?,29?,30-,32?,33?,34?,35-/m1/s1. The van der Waals surface area contributed by atoms with Crippen LogP contribution in [0.4, 0.5) is 0 Å². The molecule has 0 spiro atoms. The summed E-state index contributed by atoms with van der Waals surface area (Å²) < 4.78 is 0. The van der Waals surface area contributed by atoms with Crippen molar-refractivity contribution in [2.24, 2.45) is 65.1 Å². The van der Waals surface area contributed by atoms with E-state index in [0.29, 0.717) is 0 Å². The zero-order valence-electron chi connectivity index (χ0n) is 25.4. The Balaban J connectivity index is 1.47. The summed E-state index contributed by atoms with van der Waals surface area (Å²) in [6.07, 6.45) is 25.8. The van der Waals surface area contributed by atoms with Gasteiger partial charge in [-0.05, 0) is 110 Å². The van der Waals surface area contributed by atoms with E-state index in [4.69, 9.17) is 0 Å². The van der Waals surface area contributed by atoms with Gasteiger partial charge in [0.25, 0.3) is 0 Å². The zero-order valence-corrected chi connectivity index (χ0v) is 25.4. The highest BCUT2D eigenvalue weighted by Crippen LogP contribution is 2.50. The summed E-state index contributed by atoms with van der Waals surface area (Å²) in [4.78, 5) is 0. The molecule has 0 saturated heterocycles. The van der Waals surface area contributed by atoms with Crippen LogP contribution in [0.25, 0.3) is 0 Å². The Kier molecular flexibility index (Phi) is 12.5. The van der Waals surface area contributed by atoms with Crippen LogP contribution in [0.3, 0.4) is 0 Å². The topological polar surface area (TPSA) is 0 Å². The van der Waals surface area contributed by atoms with Crippen molar-refractivity contribution in [2.45, 2.75) is 158 Å². The van der Waals surface area contributed by atoms with Crippen molar-refractivity contribution < 1.29 is 0 Å². The molecule has 0 nitrogen and oxygen atoms in total.